The SMILES string of the molecule is CCC1CCCCC1(CC)CC1(CC)CCCCC1CC. The second-order valence-corrected chi connectivity index (χ2v) is 8.31. The van der Waals surface area contributed by atoms with Crippen LogP contribution in [0.25, 0.3) is 0 Å². The molecule has 0 heterocycles. The van der Waals surface area contributed by atoms with Crippen LogP contribution in [0.1, 0.15) is 111 Å². The Labute approximate surface area is 134 Å². The molecule has 0 saturated heterocycles. The molecule has 2 rings (SSSR count). The lowest BCUT2D eigenvalue weighted by molar-refractivity contribution is -0.0303. The molecule has 0 nitrogen and oxygen atoms in total. The van der Waals surface area contributed by atoms with E-state index in [4.69, 9.17) is 0 Å². The first kappa shape index (κ1) is 17.4. The van der Waals surface area contributed by atoms with Crippen LogP contribution in [0, 0.1) is 22.7 Å². The van der Waals surface area contributed by atoms with Gasteiger partial charge >= 0.3 is 0 Å². The summed E-state index contributed by atoms with van der Waals surface area (Å²) in [5, 5.41) is 0. The van der Waals surface area contributed by atoms with Crippen LogP contribution in [0.3, 0.4) is 0 Å². The minimum Gasteiger partial charge on any atom is -0.0651 e. The summed E-state index contributed by atoms with van der Waals surface area (Å²) in [4.78, 5) is 0. The van der Waals surface area contributed by atoms with Gasteiger partial charge in [0.05, 0.1) is 0 Å². The summed E-state index contributed by atoms with van der Waals surface area (Å²) < 4.78 is 0. The highest BCUT2D eigenvalue weighted by molar-refractivity contribution is 4.98. The highest BCUT2D eigenvalue weighted by Gasteiger charge is 2.47. The molecule has 0 spiro atoms. The first-order valence-corrected chi connectivity index (χ1v) is 10.2. The van der Waals surface area contributed by atoms with Gasteiger partial charge < -0.3 is 0 Å². The number of hydrogen-bond acceptors (Lipinski definition) is 0. The van der Waals surface area contributed by atoms with Crippen molar-refractivity contribution in [2.75, 3.05) is 0 Å². The van der Waals surface area contributed by atoms with Gasteiger partial charge in [0, 0.05) is 0 Å². The third kappa shape index (κ3) is 3.35. The van der Waals surface area contributed by atoms with Crippen LogP contribution in [0.5, 0.6) is 0 Å². The monoisotopic (exact) mass is 292 g/mol. The van der Waals surface area contributed by atoms with E-state index in [1.165, 1.54) is 77.0 Å². The summed E-state index contributed by atoms with van der Waals surface area (Å²) in [6.07, 6.45) is 19.4. The van der Waals surface area contributed by atoms with Gasteiger partial charge in [-0.3, -0.25) is 0 Å². The molecule has 0 N–H and O–H groups in total. The van der Waals surface area contributed by atoms with Gasteiger partial charge in [-0.15, -0.1) is 0 Å². The molecular formula is C21H40. The standard InChI is InChI=1S/C21H40/c1-5-18-13-9-11-15-20(18,7-3)17-21(8-4)16-12-10-14-19(21)6-2/h18-19H,5-17H2,1-4H3. The van der Waals surface area contributed by atoms with Crippen LogP contribution < -0.4 is 0 Å². The Morgan fingerprint density at radius 1 is 0.667 bits per heavy atom. The van der Waals surface area contributed by atoms with E-state index in [1.807, 2.05) is 0 Å². The van der Waals surface area contributed by atoms with Crippen LogP contribution in [-0.2, 0) is 0 Å². The predicted molar refractivity (Wildman–Crippen MR) is 94.6 cm³/mol. The van der Waals surface area contributed by atoms with Crippen molar-refractivity contribution in [1.82, 2.24) is 0 Å². The lowest BCUT2D eigenvalue weighted by Gasteiger charge is -2.53. The molecule has 0 radical (unpaired) electrons. The zero-order chi connectivity index (χ0) is 15.3. The molecule has 4 unspecified atom stereocenters. The van der Waals surface area contributed by atoms with E-state index in [2.05, 4.69) is 27.7 Å². The van der Waals surface area contributed by atoms with Crippen molar-refractivity contribution >= 4 is 0 Å². The van der Waals surface area contributed by atoms with E-state index in [0.717, 1.165) is 11.8 Å². The first-order chi connectivity index (χ1) is 10.2. The van der Waals surface area contributed by atoms with Gasteiger partial charge in [-0.1, -0.05) is 79.1 Å². The molecule has 2 aliphatic carbocycles. The smallest absolute Gasteiger partial charge is 0.0267 e. The number of hydrogen-bond donors (Lipinski definition) is 0. The molecule has 0 aromatic rings. The molecule has 2 saturated carbocycles. The molecule has 0 amide bonds. The molecular weight excluding hydrogens is 252 g/mol. The van der Waals surface area contributed by atoms with Crippen molar-refractivity contribution in [2.24, 2.45) is 22.7 Å². The fraction of sp³-hybridized carbons (Fsp3) is 1.00. The topological polar surface area (TPSA) is 0 Å². The predicted octanol–water partition coefficient (Wildman–Crippen LogP) is 7.37. The van der Waals surface area contributed by atoms with Crippen molar-refractivity contribution in [2.45, 2.75) is 111 Å². The van der Waals surface area contributed by atoms with Crippen LogP contribution in [0.2, 0.25) is 0 Å². The Hall–Kier alpha value is 0. The van der Waals surface area contributed by atoms with E-state index in [1.54, 1.807) is 6.42 Å². The Bertz CT molecular complexity index is 277. The van der Waals surface area contributed by atoms with Crippen LogP contribution in [0.4, 0.5) is 0 Å². The fourth-order valence-corrected chi connectivity index (χ4v) is 6.38. The Kier molecular flexibility index (Phi) is 6.21. The lowest BCUT2D eigenvalue weighted by Crippen LogP contribution is -2.43. The summed E-state index contributed by atoms with van der Waals surface area (Å²) in [6.45, 7) is 9.91. The molecule has 4 atom stereocenters. The zero-order valence-electron chi connectivity index (χ0n) is 15.3. The molecule has 124 valence electrons. The van der Waals surface area contributed by atoms with Gasteiger partial charge in [0.2, 0.25) is 0 Å². The third-order valence-corrected chi connectivity index (χ3v) is 7.78. The minimum absolute atomic E-state index is 0.688. The van der Waals surface area contributed by atoms with Crippen molar-refractivity contribution in [3.05, 3.63) is 0 Å². The van der Waals surface area contributed by atoms with Gasteiger partial charge in [-0.05, 0) is 54.8 Å². The molecule has 0 aromatic carbocycles. The maximum absolute atomic E-state index is 2.50. The summed E-state index contributed by atoms with van der Waals surface area (Å²) in [5.74, 6) is 2.03. The van der Waals surface area contributed by atoms with E-state index in [-0.39, 0.29) is 0 Å². The van der Waals surface area contributed by atoms with Gasteiger partial charge in [-0.2, -0.15) is 0 Å². The molecule has 0 bridgehead atoms. The van der Waals surface area contributed by atoms with E-state index in [0.29, 0.717) is 10.8 Å². The van der Waals surface area contributed by atoms with Gasteiger partial charge in [-0.25, -0.2) is 0 Å². The summed E-state index contributed by atoms with van der Waals surface area (Å²) >= 11 is 0. The summed E-state index contributed by atoms with van der Waals surface area (Å²) in [6, 6.07) is 0. The van der Waals surface area contributed by atoms with Crippen molar-refractivity contribution in [1.29, 1.82) is 0 Å². The third-order valence-electron chi connectivity index (χ3n) is 7.78. The Morgan fingerprint density at radius 3 is 1.43 bits per heavy atom. The fourth-order valence-electron chi connectivity index (χ4n) is 6.38. The van der Waals surface area contributed by atoms with Crippen molar-refractivity contribution in [3.8, 4) is 0 Å². The largest absolute Gasteiger partial charge is 0.0651 e. The molecule has 0 aliphatic heterocycles. The average Bonchev–Trinajstić information content (AvgIpc) is 2.55. The highest BCUT2D eigenvalue weighted by Crippen LogP contribution is 2.58. The quantitative estimate of drug-likeness (QED) is 0.479. The normalized spacial score (nSPS) is 41.1. The summed E-state index contributed by atoms with van der Waals surface area (Å²) in [7, 11) is 0. The Balaban J connectivity index is 2.24. The molecule has 0 aromatic heterocycles. The van der Waals surface area contributed by atoms with Crippen LogP contribution in [-0.4, -0.2) is 0 Å². The second kappa shape index (κ2) is 7.51. The van der Waals surface area contributed by atoms with E-state index in [9.17, 15) is 0 Å². The van der Waals surface area contributed by atoms with E-state index < -0.39 is 0 Å². The molecule has 2 aliphatic rings. The maximum Gasteiger partial charge on any atom is -0.0267 e. The van der Waals surface area contributed by atoms with Gasteiger partial charge in [0.25, 0.3) is 0 Å². The zero-order valence-corrected chi connectivity index (χ0v) is 15.3. The van der Waals surface area contributed by atoms with Crippen molar-refractivity contribution in [3.63, 3.8) is 0 Å². The lowest BCUT2D eigenvalue weighted by atomic mass is 9.51. The number of rotatable bonds is 6. The van der Waals surface area contributed by atoms with Crippen LogP contribution >= 0.6 is 0 Å². The van der Waals surface area contributed by atoms with E-state index >= 15 is 0 Å². The van der Waals surface area contributed by atoms with Crippen LogP contribution in [0.15, 0.2) is 0 Å². The highest BCUT2D eigenvalue weighted by atomic mass is 14.5. The van der Waals surface area contributed by atoms with Gasteiger partial charge in [0.1, 0.15) is 0 Å². The maximum atomic E-state index is 2.50. The molecule has 0 heteroatoms. The molecule has 21 heavy (non-hydrogen) atoms. The summed E-state index contributed by atoms with van der Waals surface area (Å²) in [5.41, 5.74) is 1.38. The van der Waals surface area contributed by atoms with Gasteiger partial charge in [0.15, 0.2) is 0 Å². The first-order valence-electron chi connectivity index (χ1n) is 10.2. The average molecular weight is 293 g/mol. The molecule has 2 fully saturated rings. The minimum atomic E-state index is 0.688. The van der Waals surface area contributed by atoms with Crippen molar-refractivity contribution < 1.29 is 0 Å². The Morgan fingerprint density at radius 2 is 1.10 bits per heavy atom. The second-order valence-electron chi connectivity index (χ2n) is 8.31.